The number of unbranched alkanes of at least 4 members (excludes halogenated alkanes) is 1. The summed E-state index contributed by atoms with van der Waals surface area (Å²) in [5, 5.41) is 0. The molecule has 0 aliphatic heterocycles. The minimum atomic E-state index is -0.614. The Bertz CT molecular complexity index is 295. The van der Waals surface area contributed by atoms with Crippen LogP contribution < -0.4 is 0 Å². The third kappa shape index (κ3) is 6.78. The number of ether oxygens (including phenoxy) is 3. The second kappa shape index (κ2) is 9.61. The van der Waals surface area contributed by atoms with Crippen molar-refractivity contribution in [1.82, 2.24) is 0 Å². The molecule has 0 aromatic heterocycles. The maximum Gasteiger partial charge on any atom is 0.507 e. The third-order valence-electron chi connectivity index (χ3n) is 3.78. The highest BCUT2D eigenvalue weighted by atomic mass is 16.7. The van der Waals surface area contributed by atoms with Crippen LogP contribution in [0.1, 0.15) is 51.9 Å². The molecule has 0 unspecified atom stereocenters. The summed E-state index contributed by atoms with van der Waals surface area (Å²) in [5.74, 6) is 0.777. The first kappa shape index (κ1) is 16.8. The molecule has 1 aliphatic carbocycles. The van der Waals surface area contributed by atoms with Gasteiger partial charge >= 0.3 is 12.1 Å². The topological polar surface area (TPSA) is 61.8 Å². The summed E-state index contributed by atoms with van der Waals surface area (Å²) >= 11 is 0. The van der Waals surface area contributed by atoms with Crippen LogP contribution in [0.4, 0.5) is 4.79 Å². The van der Waals surface area contributed by atoms with Crippen molar-refractivity contribution in [2.45, 2.75) is 51.9 Å². The summed E-state index contributed by atoms with van der Waals surface area (Å²) in [6.07, 6.45) is 5.89. The Morgan fingerprint density at radius 2 is 1.55 bits per heavy atom. The van der Waals surface area contributed by atoms with Gasteiger partial charge in [-0.2, -0.15) is 0 Å². The van der Waals surface area contributed by atoms with E-state index in [0.717, 1.165) is 38.5 Å². The average Bonchev–Trinajstić information content (AvgIpc) is 2.49. The van der Waals surface area contributed by atoms with Crippen LogP contribution in [0.5, 0.6) is 0 Å². The van der Waals surface area contributed by atoms with Crippen molar-refractivity contribution in [3.63, 3.8) is 0 Å². The minimum Gasteiger partial charge on any atom is -0.465 e. The number of hydrogen-bond donors (Lipinski definition) is 0. The van der Waals surface area contributed by atoms with Gasteiger partial charge in [0.15, 0.2) is 0 Å². The van der Waals surface area contributed by atoms with E-state index in [-0.39, 0.29) is 5.97 Å². The number of carbonyl (C=O) groups is 2. The highest BCUT2D eigenvalue weighted by molar-refractivity contribution is 5.69. The molecule has 0 spiro atoms. The first-order valence-electron chi connectivity index (χ1n) is 7.52. The Morgan fingerprint density at radius 1 is 1.00 bits per heavy atom. The number of carbonyl (C=O) groups excluding carboxylic acids is 2. The summed E-state index contributed by atoms with van der Waals surface area (Å²) in [4.78, 5) is 22.3. The predicted molar refractivity (Wildman–Crippen MR) is 74.3 cm³/mol. The number of hydrogen-bond acceptors (Lipinski definition) is 5. The SMILES string of the molecule is CCCCC(=O)OCC1CCC(COC(=O)OC)CC1. The molecule has 0 amide bonds. The van der Waals surface area contributed by atoms with Gasteiger partial charge in [0.25, 0.3) is 0 Å². The lowest BCUT2D eigenvalue weighted by Gasteiger charge is -2.27. The van der Waals surface area contributed by atoms with E-state index < -0.39 is 6.16 Å². The van der Waals surface area contributed by atoms with Gasteiger partial charge in [-0.3, -0.25) is 4.79 Å². The van der Waals surface area contributed by atoms with E-state index in [1.165, 1.54) is 7.11 Å². The fourth-order valence-electron chi connectivity index (χ4n) is 2.41. The van der Waals surface area contributed by atoms with E-state index in [2.05, 4.69) is 11.7 Å². The molecule has 0 aromatic carbocycles. The van der Waals surface area contributed by atoms with Gasteiger partial charge in [0.05, 0.1) is 20.3 Å². The van der Waals surface area contributed by atoms with E-state index in [4.69, 9.17) is 9.47 Å². The molecule has 1 fully saturated rings. The first-order chi connectivity index (χ1) is 9.65. The number of esters is 1. The normalized spacial score (nSPS) is 22.1. The lowest BCUT2D eigenvalue weighted by Crippen LogP contribution is -2.23. The van der Waals surface area contributed by atoms with Gasteiger partial charge in [-0.05, 0) is 43.9 Å². The summed E-state index contributed by atoms with van der Waals surface area (Å²) in [6, 6.07) is 0. The zero-order valence-corrected chi connectivity index (χ0v) is 12.6. The van der Waals surface area contributed by atoms with Crippen LogP contribution in [-0.4, -0.2) is 32.4 Å². The van der Waals surface area contributed by atoms with E-state index in [1.807, 2.05) is 0 Å². The van der Waals surface area contributed by atoms with Crippen LogP contribution in [0.2, 0.25) is 0 Å². The van der Waals surface area contributed by atoms with E-state index in [1.54, 1.807) is 0 Å². The van der Waals surface area contributed by atoms with Crippen molar-refractivity contribution < 1.29 is 23.8 Å². The molecule has 116 valence electrons. The standard InChI is InChI=1S/C15H26O5/c1-3-4-5-14(16)19-10-12-6-8-13(9-7-12)11-20-15(17)18-2/h12-13H,3-11H2,1-2H3. The number of methoxy groups -OCH3 is 1. The Hall–Kier alpha value is -1.26. The van der Waals surface area contributed by atoms with E-state index in [9.17, 15) is 9.59 Å². The molecule has 0 saturated heterocycles. The molecule has 1 rings (SSSR count). The molecule has 1 saturated carbocycles. The van der Waals surface area contributed by atoms with Gasteiger partial charge in [-0.1, -0.05) is 13.3 Å². The predicted octanol–water partition coefficient (Wildman–Crippen LogP) is 3.31. The zero-order valence-electron chi connectivity index (χ0n) is 12.6. The highest BCUT2D eigenvalue weighted by Gasteiger charge is 2.23. The summed E-state index contributed by atoms with van der Waals surface area (Å²) < 4.78 is 14.7. The van der Waals surface area contributed by atoms with Gasteiger partial charge in [-0.25, -0.2) is 4.79 Å². The molecule has 0 heterocycles. The van der Waals surface area contributed by atoms with Crippen molar-refractivity contribution >= 4 is 12.1 Å². The molecule has 0 atom stereocenters. The van der Waals surface area contributed by atoms with Crippen LogP contribution in [0, 0.1) is 11.8 Å². The molecule has 0 radical (unpaired) electrons. The van der Waals surface area contributed by atoms with Gasteiger partial charge in [0.1, 0.15) is 0 Å². The lowest BCUT2D eigenvalue weighted by atomic mass is 9.83. The van der Waals surface area contributed by atoms with E-state index >= 15 is 0 Å². The van der Waals surface area contributed by atoms with Crippen LogP contribution >= 0.6 is 0 Å². The second-order valence-corrected chi connectivity index (χ2v) is 5.44. The Balaban J connectivity index is 2.09. The molecule has 20 heavy (non-hydrogen) atoms. The Labute approximate surface area is 121 Å². The molecule has 1 aliphatic rings. The summed E-state index contributed by atoms with van der Waals surface area (Å²) in [6.45, 7) is 3.02. The molecule has 0 aromatic rings. The monoisotopic (exact) mass is 286 g/mol. The molecule has 5 heteroatoms. The van der Waals surface area contributed by atoms with Crippen molar-refractivity contribution in [3.05, 3.63) is 0 Å². The maximum absolute atomic E-state index is 11.4. The van der Waals surface area contributed by atoms with Crippen molar-refractivity contribution in [2.75, 3.05) is 20.3 Å². The largest absolute Gasteiger partial charge is 0.507 e. The van der Waals surface area contributed by atoms with Gasteiger partial charge in [0, 0.05) is 6.42 Å². The molecular weight excluding hydrogens is 260 g/mol. The quantitative estimate of drug-likeness (QED) is 0.672. The molecule has 0 N–H and O–H groups in total. The minimum absolute atomic E-state index is 0.0806. The van der Waals surface area contributed by atoms with Crippen molar-refractivity contribution in [1.29, 1.82) is 0 Å². The van der Waals surface area contributed by atoms with Crippen molar-refractivity contribution in [2.24, 2.45) is 11.8 Å². The fraction of sp³-hybridized carbons (Fsp3) is 0.867. The second-order valence-electron chi connectivity index (χ2n) is 5.44. The summed E-state index contributed by atoms with van der Waals surface area (Å²) in [7, 11) is 1.31. The Morgan fingerprint density at radius 3 is 2.05 bits per heavy atom. The van der Waals surface area contributed by atoms with Crippen LogP contribution in [0.25, 0.3) is 0 Å². The average molecular weight is 286 g/mol. The highest BCUT2D eigenvalue weighted by Crippen LogP contribution is 2.29. The van der Waals surface area contributed by atoms with E-state index in [0.29, 0.717) is 31.5 Å². The maximum atomic E-state index is 11.4. The van der Waals surface area contributed by atoms with Crippen LogP contribution in [0.3, 0.4) is 0 Å². The first-order valence-corrected chi connectivity index (χ1v) is 7.52. The van der Waals surface area contributed by atoms with Gasteiger partial charge in [0.2, 0.25) is 0 Å². The smallest absolute Gasteiger partial charge is 0.465 e. The Kier molecular flexibility index (Phi) is 8.07. The summed E-state index contributed by atoms with van der Waals surface area (Å²) in [5.41, 5.74) is 0. The fourth-order valence-corrected chi connectivity index (χ4v) is 2.41. The third-order valence-corrected chi connectivity index (χ3v) is 3.78. The molecule has 0 bridgehead atoms. The zero-order chi connectivity index (χ0) is 14.8. The van der Waals surface area contributed by atoms with Crippen molar-refractivity contribution in [3.8, 4) is 0 Å². The lowest BCUT2D eigenvalue weighted by molar-refractivity contribution is -0.145. The molecular formula is C15H26O5. The number of rotatable bonds is 7. The van der Waals surface area contributed by atoms with Gasteiger partial charge in [-0.15, -0.1) is 0 Å². The van der Waals surface area contributed by atoms with Gasteiger partial charge < -0.3 is 14.2 Å². The van der Waals surface area contributed by atoms with Crippen LogP contribution in [-0.2, 0) is 19.0 Å². The van der Waals surface area contributed by atoms with Crippen LogP contribution in [0.15, 0.2) is 0 Å². The molecule has 5 nitrogen and oxygen atoms in total.